The Morgan fingerprint density at radius 3 is 2.45 bits per heavy atom. The van der Waals surface area contributed by atoms with E-state index in [-0.39, 0.29) is 28.6 Å². The normalized spacial score (nSPS) is 17.8. The zero-order chi connectivity index (χ0) is 22.0. The number of nitrogens with zero attached hydrogens (tertiary/aromatic N) is 5. The number of aryl methyl sites for hydroxylation is 1. The molecule has 0 atom stereocenters. The molecule has 0 N–H and O–H groups in total. The zero-order valence-corrected chi connectivity index (χ0v) is 17.7. The molecular formula is C22H27F2N5O2. The fourth-order valence-corrected chi connectivity index (χ4v) is 4.29. The number of benzene rings is 1. The van der Waals surface area contributed by atoms with Crippen LogP contribution in [0, 0.1) is 11.6 Å². The van der Waals surface area contributed by atoms with Crippen molar-refractivity contribution in [2.24, 2.45) is 7.05 Å². The summed E-state index contributed by atoms with van der Waals surface area (Å²) >= 11 is 0. The van der Waals surface area contributed by atoms with Crippen molar-refractivity contribution in [3.63, 3.8) is 0 Å². The highest BCUT2D eigenvalue weighted by atomic mass is 19.1. The first-order chi connectivity index (χ1) is 14.9. The van der Waals surface area contributed by atoms with Gasteiger partial charge in [0.05, 0.1) is 12.1 Å². The molecular weight excluding hydrogens is 404 g/mol. The Bertz CT molecular complexity index is 971. The average molecular weight is 431 g/mol. The fourth-order valence-electron chi connectivity index (χ4n) is 4.29. The first-order valence-corrected chi connectivity index (χ1v) is 10.7. The van der Waals surface area contributed by atoms with Gasteiger partial charge in [-0.15, -0.1) is 0 Å². The van der Waals surface area contributed by atoms with Crippen molar-refractivity contribution in [3.8, 4) is 11.3 Å². The lowest BCUT2D eigenvalue weighted by Crippen LogP contribution is -2.41. The third kappa shape index (κ3) is 4.76. The highest BCUT2D eigenvalue weighted by Crippen LogP contribution is 2.27. The van der Waals surface area contributed by atoms with Gasteiger partial charge in [-0.25, -0.2) is 8.78 Å². The molecule has 1 aromatic carbocycles. The van der Waals surface area contributed by atoms with Gasteiger partial charge in [-0.1, -0.05) is 0 Å². The second kappa shape index (κ2) is 9.13. The molecule has 1 aromatic heterocycles. The van der Waals surface area contributed by atoms with E-state index in [1.807, 2.05) is 4.90 Å². The molecule has 9 heteroatoms. The Balaban J connectivity index is 1.46. The molecule has 166 valence electrons. The monoisotopic (exact) mass is 431 g/mol. The predicted octanol–water partition coefficient (Wildman–Crippen LogP) is 2.14. The summed E-state index contributed by atoms with van der Waals surface area (Å²) in [6.45, 7) is 4.42. The molecule has 2 aliphatic heterocycles. The molecule has 3 heterocycles. The minimum atomic E-state index is -0.754. The molecule has 0 aliphatic carbocycles. The van der Waals surface area contributed by atoms with Crippen LogP contribution in [0.3, 0.4) is 0 Å². The second-order valence-corrected chi connectivity index (χ2v) is 8.20. The Labute approximate surface area is 180 Å². The van der Waals surface area contributed by atoms with Crippen molar-refractivity contribution in [1.82, 2.24) is 24.5 Å². The molecule has 4 rings (SSSR count). The number of carbonyl (C=O) groups excluding carboxylic acids is 2. The summed E-state index contributed by atoms with van der Waals surface area (Å²) in [6.07, 6.45) is 4.45. The van der Waals surface area contributed by atoms with Gasteiger partial charge in [0.1, 0.15) is 17.3 Å². The zero-order valence-electron chi connectivity index (χ0n) is 17.7. The molecule has 0 spiro atoms. The van der Waals surface area contributed by atoms with Gasteiger partial charge in [0.15, 0.2) is 0 Å². The van der Waals surface area contributed by atoms with Gasteiger partial charge in [-0.2, -0.15) is 5.10 Å². The second-order valence-electron chi connectivity index (χ2n) is 8.20. The maximum absolute atomic E-state index is 14.3. The van der Waals surface area contributed by atoms with Crippen LogP contribution in [-0.4, -0.2) is 82.1 Å². The molecule has 2 saturated heterocycles. The molecule has 2 fully saturated rings. The summed E-state index contributed by atoms with van der Waals surface area (Å²) in [7, 11) is 1.66. The first-order valence-electron chi connectivity index (χ1n) is 10.7. The summed E-state index contributed by atoms with van der Waals surface area (Å²) in [5.74, 6) is -1.52. The van der Waals surface area contributed by atoms with E-state index in [9.17, 15) is 18.4 Å². The maximum atomic E-state index is 14.3. The number of halogens is 2. The minimum absolute atomic E-state index is 0.0954. The molecule has 0 bridgehead atoms. The highest BCUT2D eigenvalue weighted by Gasteiger charge is 2.27. The Morgan fingerprint density at radius 1 is 0.968 bits per heavy atom. The smallest absolute Gasteiger partial charge is 0.257 e. The Hall–Kier alpha value is -2.81. The molecule has 0 radical (unpaired) electrons. The van der Waals surface area contributed by atoms with Crippen LogP contribution in [0.5, 0.6) is 0 Å². The van der Waals surface area contributed by atoms with Crippen molar-refractivity contribution in [1.29, 1.82) is 0 Å². The van der Waals surface area contributed by atoms with E-state index >= 15 is 0 Å². The van der Waals surface area contributed by atoms with Crippen LogP contribution in [0.2, 0.25) is 0 Å². The van der Waals surface area contributed by atoms with Gasteiger partial charge in [-0.05, 0) is 31.4 Å². The Morgan fingerprint density at radius 2 is 1.71 bits per heavy atom. The van der Waals surface area contributed by atoms with E-state index < -0.39 is 11.6 Å². The summed E-state index contributed by atoms with van der Waals surface area (Å²) in [5, 5.41) is 4.26. The molecule has 2 aliphatic rings. The summed E-state index contributed by atoms with van der Waals surface area (Å²) < 4.78 is 29.1. The molecule has 0 saturated carbocycles. The van der Waals surface area contributed by atoms with E-state index in [1.165, 1.54) is 10.7 Å². The lowest BCUT2D eigenvalue weighted by molar-refractivity contribution is -0.131. The third-order valence-electron chi connectivity index (χ3n) is 5.94. The van der Waals surface area contributed by atoms with Crippen LogP contribution in [0.15, 0.2) is 24.4 Å². The maximum Gasteiger partial charge on any atom is 0.257 e. The van der Waals surface area contributed by atoms with Gasteiger partial charge in [-0.3, -0.25) is 19.2 Å². The number of hydrogen-bond donors (Lipinski definition) is 0. The lowest BCUT2D eigenvalue weighted by Gasteiger charge is -2.24. The number of amides is 2. The third-order valence-corrected chi connectivity index (χ3v) is 5.94. The van der Waals surface area contributed by atoms with Gasteiger partial charge >= 0.3 is 0 Å². The van der Waals surface area contributed by atoms with Crippen molar-refractivity contribution in [2.75, 3.05) is 45.8 Å². The fraction of sp³-hybridized carbons (Fsp3) is 0.500. The van der Waals surface area contributed by atoms with Crippen molar-refractivity contribution in [2.45, 2.75) is 19.3 Å². The minimum Gasteiger partial charge on any atom is -0.342 e. The quantitative estimate of drug-likeness (QED) is 0.744. The van der Waals surface area contributed by atoms with E-state index in [4.69, 9.17) is 0 Å². The lowest BCUT2D eigenvalue weighted by atomic mass is 10.1. The van der Waals surface area contributed by atoms with E-state index in [1.54, 1.807) is 18.1 Å². The van der Waals surface area contributed by atoms with Crippen LogP contribution < -0.4 is 0 Å². The number of aromatic nitrogens is 2. The van der Waals surface area contributed by atoms with Crippen LogP contribution in [0.25, 0.3) is 11.3 Å². The molecule has 2 aromatic rings. The van der Waals surface area contributed by atoms with Crippen LogP contribution >= 0.6 is 0 Å². The van der Waals surface area contributed by atoms with Gasteiger partial charge in [0.2, 0.25) is 5.91 Å². The van der Waals surface area contributed by atoms with Crippen molar-refractivity contribution < 1.29 is 18.4 Å². The topological polar surface area (TPSA) is 61.7 Å². The average Bonchev–Trinajstić information content (AvgIpc) is 3.34. The van der Waals surface area contributed by atoms with Crippen LogP contribution in [0.4, 0.5) is 8.78 Å². The summed E-state index contributed by atoms with van der Waals surface area (Å²) in [5.41, 5.74) is 0.586. The first kappa shape index (κ1) is 21.4. The molecule has 31 heavy (non-hydrogen) atoms. The highest BCUT2D eigenvalue weighted by molar-refractivity contribution is 5.99. The molecule has 2 amide bonds. The van der Waals surface area contributed by atoms with Crippen LogP contribution in [-0.2, 0) is 11.8 Å². The van der Waals surface area contributed by atoms with E-state index in [0.29, 0.717) is 26.2 Å². The number of carbonyl (C=O) groups is 2. The van der Waals surface area contributed by atoms with Crippen molar-refractivity contribution >= 4 is 11.8 Å². The van der Waals surface area contributed by atoms with Gasteiger partial charge in [0, 0.05) is 64.1 Å². The van der Waals surface area contributed by atoms with Crippen LogP contribution in [0.1, 0.15) is 29.6 Å². The van der Waals surface area contributed by atoms with E-state index in [0.717, 1.165) is 51.0 Å². The number of hydrogen-bond acceptors (Lipinski definition) is 4. The molecule has 0 unspecified atom stereocenters. The number of likely N-dealkylation sites (tertiary alicyclic amines) is 1. The predicted molar refractivity (Wildman–Crippen MR) is 111 cm³/mol. The SMILES string of the molecule is Cn1cc(C(=O)N2CCCN(CC(=O)N3CCCC3)CC2)c(-c2ccc(F)cc2F)n1. The standard InChI is InChI=1S/C22H27F2N5O2/c1-26-14-18(21(25-26)17-6-5-16(23)13-19(17)24)22(31)29-10-4-7-27(11-12-29)15-20(30)28-8-2-3-9-28/h5-6,13-14H,2-4,7-12,15H2,1H3. The Kier molecular flexibility index (Phi) is 6.31. The summed E-state index contributed by atoms with van der Waals surface area (Å²) in [6, 6.07) is 3.25. The van der Waals surface area contributed by atoms with Crippen molar-refractivity contribution in [3.05, 3.63) is 41.6 Å². The van der Waals surface area contributed by atoms with Gasteiger partial charge < -0.3 is 9.80 Å². The largest absolute Gasteiger partial charge is 0.342 e. The van der Waals surface area contributed by atoms with E-state index in [2.05, 4.69) is 10.00 Å². The summed E-state index contributed by atoms with van der Waals surface area (Å²) in [4.78, 5) is 31.4. The van der Waals surface area contributed by atoms with Gasteiger partial charge in [0.25, 0.3) is 5.91 Å². The number of rotatable bonds is 4. The molecule has 7 nitrogen and oxygen atoms in total.